The van der Waals surface area contributed by atoms with Gasteiger partial charge < -0.3 is 28.4 Å². The van der Waals surface area contributed by atoms with Crippen molar-refractivity contribution in [3.8, 4) is 44.5 Å². The number of furan rings is 2. The number of hydrogen-bond donors (Lipinski definition) is 0. The molecule has 0 spiro atoms. The van der Waals surface area contributed by atoms with Gasteiger partial charge in [0.15, 0.2) is 11.2 Å². The SMILES string of the molecule is CC1(C)c2ccccc2-c2ccc(N(c3ccccc3)c3cc4c(cc(N(c5ccccc5)c5ccc6c(c5)C(C)(C)c5ccccc5-6)c5oc6cc(N(c7ccccc7)c7ccc(-c8ccccc8)cc7)ccc6c54)c4c3oc3cc(N(c5ccccc5)c5ccc(-c6ccccc6)cc5)ccc34)cc21. The highest BCUT2D eigenvalue weighted by Crippen LogP contribution is 2.57. The van der Waals surface area contributed by atoms with Gasteiger partial charge >= 0.3 is 0 Å². The lowest BCUT2D eigenvalue weighted by molar-refractivity contribution is 0.660. The maximum Gasteiger partial charge on any atom is 0.160 e. The number of para-hydroxylation sites is 4. The second-order valence-electron chi connectivity index (χ2n) is 29.2. The minimum Gasteiger partial charge on any atom is -0.454 e. The van der Waals surface area contributed by atoms with E-state index in [4.69, 9.17) is 8.83 Å². The van der Waals surface area contributed by atoms with Crippen molar-refractivity contribution in [3.05, 3.63) is 386 Å². The molecule has 0 fully saturated rings. The zero-order chi connectivity index (χ0) is 70.8. The van der Waals surface area contributed by atoms with Gasteiger partial charge in [0, 0.05) is 101 Å². The summed E-state index contributed by atoms with van der Waals surface area (Å²) in [5.41, 5.74) is 29.2. The molecular weight excluding hydrogens is 1290 g/mol. The summed E-state index contributed by atoms with van der Waals surface area (Å²) >= 11 is 0. The molecule has 6 nitrogen and oxygen atoms in total. The van der Waals surface area contributed by atoms with Gasteiger partial charge in [0.2, 0.25) is 0 Å². The van der Waals surface area contributed by atoms with E-state index in [9.17, 15) is 0 Å². The fourth-order valence-corrected chi connectivity index (χ4v) is 17.2. The van der Waals surface area contributed by atoms with E-state index in [0.717, 1.165) is 134 Å². The van der Waals surface area contributed by atoms with Crippen LogP contribution in [0.5, 0.6) is 0 Å². The molecule has 16 aromatic carbocycles. The van der Waals surface area contributed by atoms with Gasteiger partial charge in [0.1, 0.15) is 11.2 Å². The topological polar surface area (TPSA) is 39.2 Å². The molecule has 18 aromatic rings. The molecule has 6 heteroatoms. The Labute approximate surface area is 616 Å². The molecule has 0 radical (unpaired) electrons. The van der Waals surface area contributed by atoms with Gasteiger partial charge in [-0.25, -0.2) is 0 Å². The summed E-state index contributed by atoms with van der Waals surface area (Å²) in [6.07, 6.45) is 0. The summed E-state index contributed by atoms with van der Waals surface area (Å²) in [6.45, 7) is 9.45. The van der Waals surface area contributed by atoms with Crippen LogP contribution in [-0.2, 0) is 10.8 Å². The van der Waals surface area contributed by atoms with E-state index >= 15 is 0 Å². The lowest BCUT2D eigenvalue weighted by atomic mass is 9.82. The monoisotopic (exact) mass is 1360 g/mol. The van der Waals surface area contributed by atoms with Gasteiger partial charge in [-0.3, -0.25) is 0 Å². The van der Waals surface area contributed by atoms with Gasteiger partial charge in [-0.1, -0.05) is 246 Å². The van der Waals surface area contributed by atoms with Crippen LogP contribution in [0.15, 0.2) is 373 Å². The Morgan fingerprint density at radius 1 is 0.208 bits per heavy atom. The van der Waals surface area contributed by atoms with Crippen molar-refractivity contribution in [2.45, 2.75) is 38.5 Å². The van der Waals surface area contributed by atoms with Crippen LogP contribution in [0.2, 0.25) is 0 Å². The highest BCUT2D eigenvalue weighted by molar-refractivity contribution is 6.32. The highest BCUT2D eigenvalue weighted by atomic mass is 16.3. The molecule has 0 atom stereocenters. The zero-order valence-electron chi connectivity index (χ0n) is 59.2. The van der Waals surface area contributed by atoms with Crippen LogP contribution in [0.25, 0.3) is 99.2 Å². The van der Waals surface area contributed by atoms with Gasteiger partial charge in [-0.2, -0.15) is 0 Å². The normalized spacial score (nSPS) is 13.1. The standard InChI is InChI=1S/C100H72N4O2/c1-99(2)87-41-25-23-39-79(87)81-55-51-75(59-89(81)99)103(71-35-19-9-20-36-71)91-63-85-86(95-83-57-53-77(61-93(83)105-97(91)95)101(69-31-15-7-16-32-69)73-47-43-67(44-48-73)65-27-11-5-12-28-65)64-92(104(72-37-21-10-22-38-72)76-52-56-82-80-40-24-26-42-88(80)100(3,4)90(82)60-76)98-96(85)84-58-54-78(62-94(84)106-98)102(70-33-17-8-18-34-70)74-49-45-68(46-50-74)66-29-13-6-14-30-66/h5-64H,1-4H3. The van der Waals surface area contributed by atoms with E-state index in [1.807, 2.05) is 0 Å². The first-order valence-electron chi connectivity index (χ1n) is 36.6. The van der Waals surface area contributed by atoms with Gasteiger partial charge in [0.05, 0.1) is 11.4 Å². The van der Waals surface area contributed by atoms with Crippen molar-refractivity contribution in [2.24, 2.45) is 0 Å². The van der Waals surface area contributed by atoms with E-state index in [2.05, 4.69) is 411 Å². The molecule has 106 heavy (non-hydrogen) atoms. The number of rotatable bonds is 14. The third kappa shape index (κ3) is 10.1. The summed E-state index contributed by atoms with van der Waals surface area (Å²) in [4.78, 5) is 9.52. The van der Waals surface area contributed by atoms with Gasteiger partial charge in [0.25, 0.3) is 0 Å². The molecular formula is C100H72N4O2. The lowest BCUT2D eigenvalue weighted by Crippen LogP contribution is -2.17. The number of fused-ring (bicyclic) bond motifs is 15. The summed E-state index contributed by atoms with van der Waals surface area (Å²) < 4.78 is 15.7. The Bertz CT molecular complexity index is 6030. The molecule has 0 N–H and O–H groups in total. The fraction of sp³-hybridized carbons (Fsp3) is 0.0600. The average Bonchev–Trinajstić information content (AvgIpc) is 1.51. The van der Waals surface area contributed by atoms with Crippen molar-refractivity contribution in [3.63, 3.8) is 0 Å². The first-order chi connectivity index (χ1) is 52.1. The van der Waals surface area contributed by atoms with E-state index < -0.39 is 0 Å². The molecule has 2 aliphatic rings. The Morgan fingerprint density at radius 2 is 0.481 bits per heavy atom. The van der Waals surface area contributed by atoms with Crippen LogP contribution >= 0.6 is 0 Å². The molecule has 0 unspecified atom stereocenters. The first-order valence-corrected chi connectivity index (χ1v) is 36.6. The van der Waals surface area contributed by atoms with Crippen LogP contribution in [-0.4, -0.2) is 0 Å². The lowest BCUT2D eigenvalue weighted by Gasteiger charge is -2.29. The Kier molecular flexibility index (Phi) is 14.5. The number of anilines is 12. The largest absolute Gasteiger partial charge is 0.454 e. The average molecular weight is 1360 g/mol. The van der Waals surface area contributed by atoms with Crippen molar-refractivity contribution >= 4 is 123 Å². The molecule has 2 aromatic heterocycles. The molecule has 0 saturated heterocycles. The number of nitrogens with zero attached hydrogens (tertiary/aromatic N) is 4. The second-order valence-corrected chi connectivity index (χ2v) is 29.2. The first kappa shape index (κ1) is 62.4. The van der Waals surface area contributed by atoms with Gasteiger partial charge in [-0.15, -0.1) is 0 Å². The number of hydrogen-bond acceptors (Lipinski definition) is 6. The zero-order valence-corrected chi connectivity index (χ0v) is 59.2. The van der Waals surface area contributed by atoms with Crippen LogP contribution < -0.4 is 19.6 Å². The Hall–Kier alpha value is -13.4. The second kappa shape index (κ2) is 24.7. The van der Waals surface area contributed by atoms with Crippen molar-refractivity contribution < 1.29 is 8.83 Å². The molecule has 504 valence electrons. The van der Waals surface area contributed by atoms with Crippen molar-refractivity contribution in [1.29, 1.82) is 0 Å². The molecule has 0 amide bonds. The molecule has 20 rings (SSSR count). The predicted octanol–water partition coefficient (Wildman–Crippen LogP) is 28.5. The maximum atomic E-state index is 7.84. The molecule has 0 bridgehead atoms. The van der Waals surface area contributed by atoms with Crippen molar-refractivity contribution in [2.75, 3.05) is 19.6 Å². The summed E-state index contributed by atoms with van der Waals surface area (Å²) in [5, 5.41) is 5.99. The predicted molar refractivity (Wildman–Crippen MR) is 443 cm³/mol. The summed E-state index contributed by atoms with van der Waals surface area (Å²) in [6, 6.07) is 132. The molecule has 2 heterocycles. The highest BCUT2D eigenvalue weighted by Gasteiger charge is 2.39. The third-order valence-corrected chi connectivity index (χ3v) is 22.4. The van der Waals surface area contributed by atoms with E-state index in [1.54, 1.807) is 0 Å². The van der Waals surface area contributed by atoms with Gasteiger partial charge in [-0.05, 0) is 211 Å². The minimum atomic E-state index is -0.271. The fourth-order valence-electron chi connectivity index (χ4n) is 17.2. The van der Waals surface area contributed by atoms with E-state index in [1.165, 1.54) is 55.6 Å². The Balaban J connectivity index is 0.884. The number of benzene rings is 16. The van der Waals surface area contributed by atoms with Crippen LogP contribution in [0.3, 0.4) is 0 Å². The van der Waals surface area contributed by atoms with E-state index in [-0.39, 0.29) is 10.8 Å². The van der Waals surface area contributed by atoms with E-state index in [0.29, 0.717) is 0 Å². The van der Waals surface area contributed by atoms with Crippen molar-refractivity contribution in [1.82, 2.24) is 0 Å². The third-order valence-electron chi connectivity index (χ3n) is 22.4. The summed E-state index contributed by atoms with van der Waals surface area (Å²) in [5.74, 6) is 0. The van der Waals surface area contributed by atoms with Crippen LogP contribution in [0, 0.1) is 0 Å². The van der Waals surface area contributed by atoms with Crippen LogP contribution in [0.4, 0.5) is 68.2 Å². The van der Waals surface area contributed by atoms with Crippen LogP contribution in [0.1, 0.15) is 49.9 Å². The minimum absolute atomic E-state index is 0.271. The smallest absolute Gasteiger partial charge is 0.160 e. The summed E-state index contributed by atoms with van der Waals surface area (Å²) in [7, 11) is 0. The quantitative estimate of drug-likeness (QED) is 0.108. The maximum absolute atomic E-state index is 7.84. The Morgan fingerprint density at radius 3 is 0.849 bits per heavy atom. The molecule has 0 saturated carbocycles. The molecule has 0 aliphatic heterocycles. The molecule has 2 aliphatic carbocycles.